The Bertz CT molecular complexity index is 2300. The lowest BCUT2D eigenvalue weighted by atomic mass is 9.83. The summed E-state index contributed by atoms with van der Waals surface area (Å²) < 4.78 is 0. The second kappa shape index (κ2) is 11.2. The summed E-state index contributed by atoms with van der Waals surface area (Å²) in [6.07, 6.45) is 9.52. The van der Waals surface area contributed by atoms with Crippen LogP contribution in [0.1, 0.15) is 5.56 Å². The van der Waals surface area contributed by atoms with Crippen LogP contribution >= 0.6 is 0 Å². The quantitative estimate of drug-likeness (QED) is 0.122. The van der Waals surface area contributed by atoms with Crippen LogP contribution in [0, 0.1) is 5.41 Å². The zero-order chi connectivity index (χ0) is 30.2. The summed E-state index contributed by atoms with van der Waals surface area (Å²) >= 11 is 0. The first kappa shape index (κ1) is 26.5. The molecule has 0 aliphatic heterocycles. The van der Waals surface area contributed by atoms with Gasteiger partial charge in [-0.3, -0.25) is 15.8 Å². The van der Waals surface area contributed by atoms with Crippen molar-refractivity contribution in [3.8, 4) is 22.3 Å². The van der Waals surface area contributed by atoms with Crippen LogP contribution in [0.5, 0.6) is 0 Å². The number of hydrogen-bond acceptors (Lipinski definition) is 4. The van der Waals surface area contributed by atoms with Crippen molar-refractivity contribution in [3.05, 3.63) is 164 Å². The van der Waals surface area contributed by atoms with E-state index in [4.69, 9.17) is 10.5 Å². The average molecular weight is 577 g/mol. The van der Waals surface area contributed by atoms with Crippen molar-refractivity contribution < 1.29 is 0 Å². The fourth-order valence-electron chi connectivity index (χ4n) is 6.38. The van der Waals surface area contributed by atoms with Gasteiger partial charge in [-0.15, -0.1) is 0 Å². The van der Waals surface area contributed by atoms with Crippen molar-refractivity contribution in [2.24, 2.45) is 5.10 Å². The first-order valence-corrected chi connectivity index (χ1v) is 15.0. The minimum absolute atomic E-state index is 0.357. The molecular weight excluding hydrogens is 548 g/mol. The van der Waals surface area contributed by atoms with E-state index >= 15 is 0 Å². The van der Waals surface area contributed by atoms with Crippen molar-refractivity contribution in [1.82, 2.24) is 4.98 Å². The van der Waals surface area contributed by atoms with E-state index in [1.54, 1.807) is 6.20 Å². The number of fused-ring (bicyclic) bond motifs is 3. The molecule has 0 amide bonds. The second-order valence-electron chi connectivity index (χ2n) is 11.1. The van der Waals surface area contributed by atoms with Gasteiger partial charge in [0.2, 0.25) is 0 Å². The maximum absolute atomic E-state index is 8.68. The fraction of sp³-hybridized carbons (Fsp3) is 0. The molecule has 0 radical (unpaired) electrons. The third-order valence-corrected chi connectivity index (χ3v) is 8.44. The van der Waals surface area contributed by atoms with Crippen LogP contribution in [0.25, 0.3) is 60.1 Å². The van der Waals surface area contributed by atoms with Gasteiger partial charge >= 0.3 is 0 Å². The van der Waals surface area contributed by atoms with E-state index in [0.717, 1.165) is 28.0 Å². The molecule has 0 atom stereocenters. The number of pyridine rings is 1. The van der Waals surface area contributed by atoms with Crippen molar-refractivity contribution in [2.75, 3.05) is 5.43 Å². The Morgan fingerprint density at radius 1 is 0.578 bits per heavy atom. The Labute approximate surface area is 261 Å². The topological polar surface area (TPSA) is 61.1 Å². The maximum atomic E-state index is 8.68. The van der Waals surface area contributed by atoms with Gasteiger partial charge < -0.3 is 0 Å². The number of benzene rings is 6. The standard InChI is InChI=1S/C41H28N4/c42-38-22-21-29(25-39(38)45-44-31-14-7-12-28(24-31)30-13-9-23-43-26-30)40-34-16-3-5-18-36(34)41(37-19-6-4-17-35(37)40)33-20-8-11-27-10-1-2-15-32(27)33/h1-26,42,44H/b42-38?,45-39-. The number of rotatable bonds is 5. The van der Waals surface area contributed by atoms with E-state index in [-0.39, 0.29) is 0 Å². The monoisotopic (exact) mass is 576 g/mol. The summed E-state index contributed by atoms with van der Waals surface area (Å²) in [6.45, 7) is 0. The molecule has 0 unspecified atom stereocenters. The van der Waals surface area contributed by atoms with Gasteiger partial charge in [-0.25, -0.2) is 0 Å². The van der Waals surface area contributed by atoms with Crippen LogP contribution < -0.4 is 5.43 Å². The molecule has 0 spiro atoms. The molecule has 1 aliphatic carbocycles. The Hall–Kier alpha value is -6.13. The van der Waals surface area contributed by atoms with Crippen LogP contribution in [0.4, 0.5) is 5.69 Å². The molecule has 45 heavy (non-hydrogen) atoms. The van der Waals surface area contributed by atoms with Gasteiger partial charge in [0.15, 0.2) is 0 Å². The van der Waals surface area contributed by atoms with Crippen LogP contribution in [-0.2, 0) is 0 Å². The molecule has 212 valence electrons. The number of anilines is 1. The lowest BCUT2D eigenvalue weighted by Gasteiger charge is -2.20. The van der Waals surface area contributed by atoms with Crippen LogP contribution in [-0.4, -0.2) is 16.4 Å². The fourth-order valence-corrected chi connectivity index (χ4v) is 6.38. The van der Waals surface area contributed by atoms with Crippen molar-refractivity contribution >= 4 is 55.0 Å². The smallest absolute Gasteiger partial charge is 0.109 e. The predicted molar refractivity (Wildman–Crippen MR) is 190 cm³/mol. The Balaban J connectivity index is 1.27. The second-order valence-corrected chi connectivity index (χ2v) is 11.1. The highest BCUT2D eigenvalue weighted by Gasteiger charge is 2.20. The summed E-state index contributed by atoms with van der Waals surface area (Å²) in [7, 11) is 0. The van der Waals surface area contributed by atoms with Crippen LogP contribution in [0.3, 0.4) is 0 Å². The highest BCUT2D eigenvalue weighted by molar-refractivity contribution is 6.52. The van der Waals surface area contributed by atoms with Gasteiger partial charge in [-0.1, -0.05) is 115 Å². The minimum atomic E-state index is 0.357. The Morgan fingerprint density at radius 3 is 1.96 bits per heavy atom. The molecule has 1 aliphatic rings. The van der Waals surface area contributed by atoms with E-state index < -0.39 is 0 Å². The first-order valence-electron chi connectivity index (χ1n) is 15.0. The molecule has 1 aromatic heterocycles. The summed E-state index contributed by atoms with van der Waals surface area (Å²) in [6, 6.07) is 44.5. The molecule has 0 saturated carbocycles. The molecule has 4 heteroatoms. The zero-order valence-electron chi connectivity index (χ0n) is 24.4. The highest BCUT2D eigenvalue weighted by atomic mass is 15.3. The number of allylic oxidation sites excluding steroid dienone is 4. The third kappa shape index (κ3) is 4.79. The van der Waals surface area contributed by atoms with Crippen molar-refractivity contribution in [1.29, 1.82) is 5.41 Å². The van der Waals surface area contributed by atoms with Gasteiger partial charge in [0.1, 0.15) is 5.71 Å². The van der Waals surface area contributed by atoms with E-state index in [1.165, 1.54) is 43.4 Å². The molecule has 6 aromatic carbocycles. The van der Waals surface area contributed by atoms with Crippen molar-refractivity contribution in [2.45, 2.75) is 0 Å². The van der Waals surface area contributed by atoms with Gasteiger partial charge in [-0.05, 0) is 90.5 Å². The molecule has 0 saturated heterocycles. The molecule has 2 N–H and O–H groups in total. The molecule has 0 bridgehead atoms. The molecule has 7 aromatic rings. The lowest BCUT2D eigenvalue weighted by molar-refractivity contribution is 1.32. The molecule has 8 rings (SSSR count). The van der Waals surface area contributed by atoms with Crippen LogP contribution in [0.15, 0.2) is 163 Å². The SMILES string of the molecule is N=C1C=CC(c2c3ccccc3c(-c3cccc4ccccc34)c3ccccc23)=C/C1=N/Nc1cccc(-c2cccnc2)c1. The summed E-state index contributed by atoms with van der Waals surface area (Å²) in [5.74, 6) is 0. The minimum Gasteiger partial charge on any atom is -0.299 e. The molecule has 0 fully saturated rings. The molecular formula is C41H28N4. The Morgan fingerprint density at radius 2 is 1.22 bits per heavy atom. The Kier molecular flexibility index (Phi) is 6.58. The molecule has 4 nitrogen and oxygen atoms in total. The predicted octanol–water partition coefficient (Wildman–Crippen LogP) is 10.3. The normalized spacial score (nSPS) is 13.9. The van der Waals surface area contributed by atoms with E-state index in [9.17, 15) is 0 Å². The van der Waals surface area contributed by atoms with Gasteiger partial charge in [0.05, 0.1) is 11.4 Å². The number of hydrazone groups is 1. The summed E-state index contributed by atoms with van der Waals surface area (Å²) in [4.78, 5) is 4.24. The largest absolute Gasteiger partial charge is 0.299 e. The van der Waals surface area contributed by atoms with Crippen molar-refractivity contribution in [3.63, 3.8) is 0 Å². The number of hydrogen-bond donors (Lipinski definition) is 2. The number of aromatic nitrogens is 1. The van der Waals surface area contributed by atoms with Gasteiger partial charge in [0, 0.05) is 18.0 Å². The molecule has 1 heterocycles. The van der Waals surface area contributed by atoms with E-state index in [0.29, 0.717) is 11.4 Å². The zero-order valence-corrected chi connectivity index (χ0v) is 24.4. The average Bonchev–Trinajstić information content (AvgIpc) is 3.11. The highest BCUT2D eigenvalue weighted by Crippen LogP contribution is 2.44. The number of nitrogens with zero attached hydrogens (tertiary/aromatic N) is 2. The van der Waals surface area contributed by atoms with E-state index in [2.05, 4.69) is 107 Å². The number of nitrogens with one attached hydrogen (secondary N) is 2. The maximum Gasteiger partial charge on any atom is 0.109 e. The first-order chi connectivity index (χ1) is 22.2. The lowest BCUT2D eigenvalue weighted by Crippen LogP contribution is -2.14. The van der Waals surface area contributed by atoms with Gasteiger partial charge in [0.25, 0.3) is 0 Å². The van der Waals surface area contributed by atoms with E-state index in [1.807, 2.05) is 54.8 Å². The third-order valence-electron chi connectivity index (χ3n) is 8.44. The van der Waals surface area contributed by atoms with Crippen LogP contribution in [0.2, 0.25) is 0 Å². The summed E-state index contributed by atoms with van der Waals surface area (Å²) in [5, 5.41) is 20.6. The summed E-state index contributed by atoms with van der Waals surface area (Å²) in [5.41, 5.74) is 11.7. The van der Waals surface area contributed by atoms with Gasteiger partial charge in [-0.2, -0.15) is 5.10 Å².